The van der Waals surface area contributed by atoms with E-state index in [-0.39, 0.29) is 33.9 Å². The average molecular weight is 296 g/mol. The van der Waals surface area contributed by atoms with E-state index in [1.165, 1.54) is 6.07 Å². The van der Waals surface area contributed by atoms with Crippen molar-refractivity contribution < 1.29 is 9.13 Å². The van der Waals surface area contributed by atoms with Crippen LogP contribution >= 0.6 is 12.2 Å². The minimum Gasteiger partial charge on any atom is -0.389 e. The van der Waals surface area contributed by atoms with Crippen LogP contribution in [0.5, 0.6) is 0 Å². The van der Waals surface area contributed by atoms with Crippen LogP contribution in [-0.2, 0) is 4.74 Å². The molecule has 3 nitrogen and oxygen atoms in total. The van der Waals surface area contributed by atoms with E-state index >= 15 is 0 Å². The number of benzene rings is 1. The highest BCUT2D eigenvalue weighted by Gasteiger charge is 2.49. The molecule has 0 aliphatic heterocycles. The number of halogens is 1. The summed E-state index contributed by atoms with van der Waals surface area (Å²) in [5.74, 6) is -0.388. The monoisotopic (exact) mass is 296 g/mol. The Bertz CT molecular complexity index is 519. The lowest BCUT2D eigenvalue weighted by atomic mass is 9.64. The molecule has 0 heterocycles. The standard InChI is InChI=1S/C15H21FN2OS/c1-4-19-12-8-11(15(12,2)3)18-10-7-5-6-9(16)13(10)14(17)20/h5-7,11-12,18H,4,8H2,1-3H3,(H2,17,20). The maximum Gasteiger partial charge on any atom is 0.135 e. The van der Waals surface area contributed by atoms with Gasteiger partial charge in [0.15, 0.2) is 0 Å². The van der Waals surface area contributed by atoms with Gasteiger partial charge in [0.05, 0.1) is 11.7 Å². The van der Waals surface area contributed by atoms with Crippen molar-refractivity contribution in [3.63, 3.8) is 0 Å². The first-order valence-corrected chi connectivity index (χ1v) is 7.25. The second-order valence-corrected chi connectivity index (χ2v) is 6.16. The molecular formula is C15H21FN2OS. The quantitative estimate of drug-likeness (QED) is 0.820. The molecule has 0 saturated heterocycles. The van der Waals surface area contributed by atoms with Gasteiger partial charge < -0.3 is 15.8 Å². The molecule has 5 heteroatoms. The highest BCUT2D eigenvalue weighted by molar-refractivity contribution is 7.80. The highest BCUT2D eigenvalue weighted by atomic mass is 32.1. The fraction of sp³-hybridized carbons (Fsp3) is 0.533. The van der Waals surface area contributed by atoms with E-state index < -0.39 is 0 Å². The van der Waals surface area contributed by atoms with Crippen LogP contribution in [0.25, 0.3) is 0 Å². The summed E-state index contributed by atoms with van der Waals surface area (Å²) in [7, 11) is 0. The van der Waals surface area contributed by atoms with Crippen LogP contribution in [-0.4, -0.2) is 23.7 Å². The van der Waals surface area contributed by atoms with Gasteiger partial charge in [0.1, 0.15) is 10.8 Å². The molecule has 3 N–H and O–H groups in total. The van der Waals surface area contributed by atoms with Crippen LogP contribution in [0.3, 0.4) is 0 Å². The summed E-state index contributed by atoms with van der Waals surface area (Å²) in [4.78, 5) is 0.0732. The molecule has 1 aromatic carbocycles. The Kier molecular flexibility index (Phi) is 4.30. The molecule has 20 heavy (non-hydrogen) atoms. The summed E-state index contributed by atoms with van der Waals surface area (Å²) in [5, 5.41) is 3.36. The number of hydrogen-bond acceptors (Lipinski definition) is 3. The maximum atomic E-state index is 13.8. The molecule has 0 aromatic heterocycles. The third-order valence-corrected chi connectivity index (χ3v) is 4.34. The molecule has 1 saturated carbocycles. The molecule has 2 rings (SSSR count). The minimum absolute atomic E-state index is 0.00415. The number of thiocarbonyl (C=S) groups is 1. The summed E-state index contributed by atoms with van der Waals surface area (Å²) in [6, 6.07) is 5.05. The van der Waals surface area contributed by atoms with Crippen LogP contribution in [0, 0.1) is 11.2 Å². The van der Waals surface area contributed by atoms with Crippen molar-refractivity contribution in [2.24, 2.45) is 11.1 Å². The molecule has 0 spiro atoms. The molecule has 2 unspecified atom stereocenters. The normalized spacial score (nSPS) is 24.0. The zero-order valence-electron chi connectivity index (χ0n) is 12.1. The van der Waals surface area contributed by atoms with Crippen molar-refractivity contribution >= 4 is 22.9 Å². The van der Waals surface area contributed by atoms with Crippen molar-refractivity contribution in [1.29, 1.82) is 0 Å². The van der Waals surface area contributed by atoms with Crippen LogP contribution in [0.2, 0.25) is 0 Å². The number of anilines is 1. The number of hydrogen-bond donors (Lipinski definition) is 2. The predicted molar refractivity (Wildman–Crippen MR) is 83.5 cm³/mol. The van der Waals surface area contributed by atoms with Gasteiger partial charge in [-0.1, -0.05) is 32.1 Å². The third-order valence-electron chi connectivity index (χ3n) is 4.14. The Balaban J connectivity index is 2.17. The smallest absolute Gasteiger partial charge is 0.135 e. The van der Waals surface area contributed by atoms with Crippen LogP contribution in [0.15, 0.2) is 18.2 Å². The van der Waals surface area contributed by atoms with Gasteiger partial charge in [-0.2, -0.15) is 0 Å². The van der Waals surface area contributed by atoms with E-state index in [0.717, 1.165) is 6.42 Å². The summed E-state index contributed by atoms with van der Waals surface area (Å²) in [6.45, 7) is 7.00. The Morgan fingerprint density at radius 1 is 1.55 bits per heavy atom. The SMILES string of the molecule is CCOC1CC(Nc2cccc(F)c2C(N)=S)C1(C)C. The predicted octanol–water partition coefficient (Wildman–Crippen LogP) is 3.08. The molecule has 110 valence electrons. The van der Waals surface area contributed by atoms with E-state index in [4.69, 9.17) is 22.7 Å². The van der Waals surface area contributed by atoms with Crippen molar-refractivity contribution in [2.45, 2.75) is 39.3 Å². The number of nitrogens with one attached hydrogen (secondary N) is 1. The van der Waals surface area contributed by atoms with E-state index in [1.807, 2.05) is 13.0 Å². The van der Waals surface area contributed by atoms with Gasteiger partial charge in [-0.15, -0.1) is 0 Å². The molecule has 1 fully saturated rings. The summed E-state index contributed by atoms with van der Waals surface area (Å²) >= 11 is 4.94. The van der Waals surface area contributed by atoms with Gasteiger partial charge in [0, 0.05) is 23.8 Å². The van der Waals surface area contributed by atoms with Crippen molar-refractivity contribution in [3.8, 4) is 0 Å². The molecular weight excluding hydrogens is 275 g/mol. The second kappa shape index (κ2) is 5.66. The maximum absolute atomic E-state index is 13.8. The Morgan fingerprint density at radius 3 is 2.80 bits per heavy atom. The van der Waals surface area contributed by atoms with Crippen molar-refractivity contribution in [1.82, 2.24) is 0 Å². The Morgan fingerprint density at radius 2 is 2.25 bits per heavy atom. The van der Waals surface area contributed by atoms with E-state index in [1.54, 1.807) is 6.07 Å². The lowest BCUT2D eigenvalue weighted by molar-refractivity contribution is -0.0976. The minimum atomic E-state index is -0.388. The summed E-state index contributed by atoms with van der Waals surface area (Å²) in [6.07, 6.45) is 1.13. The van der Waals surface area contributed by atoms with Gasteiger partial charge in [0.2, 0.25) is 0 Å². The molecule has 0 amide bonds. The first-order chi connectivity index (χ1) is 9.37. The van der Waals surface area contributed by atoms with E-state index in [9.17, 15) is 4.39 Å². The van der Waals surface area contributed by atoms with Crippen molar-refractivity contribution in [2.75, 3.05) is 11.9 Å². The molecule has 2 atom stereocenters. The molecule has 1 aromatic rings. The zero-order valence-corrected chi connectivity index (χ0v) is 12.9. The van der Waals surface area contributed by atoms with Gasteiger partial charge in [0.25, 0.3) is 0 Å². The Hall–Kier alpha value is -1.20. The summed E-state index contributed by atoms with van der Waals surface area (Å²) < 4.78 is 19.5. The first-order valence-electron chi connectivity index (χ1n) is 6.84. The average Bonchev–Trinajstić information content (AvgIpc) is 2.37. The second-order valence-electron chi connectivity index (χ2n) is 5.72. The Labute approximate surface area is 124 Å². The van der Waals surface area contributed by atoms with Crippen LogP contribution in [0.1, 0.15) is 32.8 Å². The fourth-order valence-electron chi connectivity index (χ4n) is 2.70. The lowest BCUT2D eigenvalue weighted by Crippen LogP contribution is -2.58. The van der Waals surface area contributed by atoms with Gasteiger partial charge in [-0.05, 0) is 25.5 Å². The largest absolute Gasteiger partial charge is 0.389 e. The van der Waals surface area contributed by atoms with Gasteiger partial charge in [-0.25, -0.2) is 4.39 Å². The summed E-state index contributed by atoms with van der Waals surface area (Å²) in [5.41, 5.74) is 6.56. The van der Waals surface area contributed by atoms with Gasteiger partial charge >= 0.3 is 0 Å². The van der Waals surface area contributed by atoms with Crippen LogP contribution < -0.4 is 11.1 Å². The van der Waals surface area contributed by atoms with E-state index in [0.29, 0.717) is 12.3 Å². The highest BCUT2D eigenvalue weighted by Crippen LogP contribution is 2.44. The number of nitrogens with two attached hydrogens (primary N) is 1. The molecule has 0 bridgehead atoms. The van der Waals surface area contributed by atoms with Crippen LogP contribution in [0.4, 0.5) is 10.1 Å². The number of rotatable bonds is 5. The molecule has 1 aliphatic rings. The molecule has 0 radical (unpaired) electrons. The topological polar surface area (TPSA) is 47.3 Å². The van der Waals surface area contributed by atoms with E-state index in [2.05, 4.69) is 19.2 Å². The number of ether oxygens (including phenoxy) is 1. The fourth-order valence-corrected chi connectivity index (χ4v) is 2.90. The lowest BCUT2D eigenvalue weighted by Gasteiger charge is -2.52. The first kappa shape index (κ1) is 15.2. The zero-order chi connectivity index (χ0) is 14.9. The van der Waals surface area contributed by atoms with Crippen molar-refractivity contribution in [3.05, 3.63) is 29.6 Å². The third kappa shape index (κ3) is 2.65. The van der Waals surface area contributed by atoms with Gasteiger partial charge in [-0.3, -0.25) is 0 Å². The molecule has 1 aliphatic carbocycles.